The van der Waals surface area contributed by atoms with Gasteiger partial charge in [0.2, 0.25) is 0 Å². The molecule has 2 fully saturated rings. The molecule has 4 nitrogen and oxygen atoms in total. The third-order valence-corrected chi connectivity index (χ3v) is 6.78. The molecular formula is C22H32N2O2. The summed E-state index contributed by atoms with van der Waals surface area (Å²) in [6.07, 6.45) is 4.41. The van der Waals surface area contributed by atoms with E-state index >= 15 is 0 Å². The Kier molecular flexibility index (Phi) is 5.69. The maximum absolute atomic E-state index is 12.8. The normalized spacial score (nSPS) is 28.6. The molecule has 0 aromatic heterocycles. The second-order valence-corrected chi connectivity index (χ2v) is 7.97. The number of carbonyl (C=O) groups is 2. The number of rotatable bonds is 4. The number of hydrogen-bond acceptors (Lipinski definition) is 2. The first kappa shape index (κ1) is 18.9. The lowest BCUT2D eigenvalue weighted by Crippen LogP contribution is -2.36. The number of carbonyl (C=O) groups excluding carboxylic acids is 2. The molecule has 0 saturated carbocycles. The third-order valence-electron chi connectivity index (χ3n) is 6.78. The first-order valence-electron chi connectivity index (χ1n) is 10.2. The van der Waals surface area contributed by atoms with Crippen LogP contribution < -0.4 is 0 Å². The van der Waals surface area contributed by atoms with Crippen molar-refractivity contribution in [2.24, 2.45) is 11.8 Å². The summed E-state index contributed by atoms with van der Waals surface area (Å²) in [6, 6.07) is 7.87. The maximum Gasteiger partial charge on any atom is 0.254 e. The number of likely N-dealkylation sites (tertiary alicyclic amines) is 2. The second kappa shape index (κ2) is 7.81. The quantitative estimate of drug-likeness (QED) is 0.811. The summed E-state index contributed by atoms with van der Waals surface area (Å²) in [5.74, 6) is 1.38. The number of amides is 2. The number of hydrogen-bond donors (Lipinski definition) is 0. The van der Waals surface area contributed by atoms with E-state index in [9.17, 15) is 9.59 Å². The molecule has 0 bridgehead atoms. The van der Waals surface area contributed by atoms with Crippen LogP contribution in [-0.4, -0.2) is 46.8 Å². The summed E-state index contributed by atoms with van der Waals surface area (Å²) < 4.78 is 0. The van der Waals surface area contributed by atoms with Gasteiger partial charge in [-0.25, -0.2) is 0 Å². The molecule has 2 amide bonds. The molecule has 2 aliphatic heterocycles. The summed E-state index contributed by atoms with van der Waals surface area (Å²) in [7, 11) is 0. The van der Waals surface area contributed by atoms with E-state index in [0.717, 1.165) is 38.8 Å². The van der Waals surface area contributed by atoms with E-state index in [1.807, 2.05) is 34.1 Å². The zero-order valence-corrected chi connectivity index (χ0v) is 16.6. The Morgan fingerprint density at radius 2 is 1.15 bits per heavy atom. The molecule has 0 aliphatic carbocycles. The maximum atomic E-state index is 12.8. The largest absolute Gasteiger partial charge is 0.336 e. The molecule has 0 radical (unpaired) electrons. The molecule has 0 N–H and O–H groups in total. The average Bonchev–Trinajstić information content (AvgIpc) is 3.22. The number of benzene rings is 1. The van der Waals surface area contributed by atoms with Gasteiger partial charge in [-0.1, -0.05) is 26.7 Å². The van der Waals surface area contributed by atoms with E-state index < -0.39 is 0 Å². The van der Waals surface area contributed by atoms with Gasteiger partial charge in [-0.2, -0.15) is 0 Å². The van der Waals surface area contributed by atoms with Crippen molar-refractivity contribution < 1.29 is 9.59 Å². The molecule has 2 heterocycles. The van der Waals surface area contributed by atoms with Crippen LogP contribution in [0, 0.1) is 11.8 Å². The molecule has 0 unspecified atom stereocenters. The Bertz CT molecular complexity index is 598. The monoisotopic (exact) mass is 356 g/mol. The van der Waals surface area contributed by atoms with Gasteiger partial charge in [-0.15, -0.1) is 0 Å². The van der Waals surface area contributed by atoms with E-state index in [-0.39, 0.29) is 11.8 Å². The van der Waals surface area contributed by atoms with Crippen molar-refractivity contribution in [1.29, 1.82) is 0 Å². The van der Waals surface area contributed by atoms with Crippen LogP contribution >= 0.6 is 0 Å². The summed E-state index contributed by atoms with van der Waals surface area (Å²) in [6.45, 7) is 10.4. The highest BCUT2D eigenvalue weighted by Crippen LogP contribution is 2.29. The highest BCUT2D eigenvalue weighted by atomic mass is 16.2. The van der Waals surface area contributed by atoms with Gasteiger partial charge in [-0.3, -0.25) is 9.59 Å². The van der Waals surface area contributed by atoms with Gasteiger partial charge in [0.1, 0.15) is 0 Å². The third kappa shape index (κ3) is 3.38. The van der Waals surface area contributed by atoms with Gasteiger partial charge >= 0.3 is 0 Å². The topological polar surface area (TPSA) is 40.6 Å². The highest BCUT2D eigenvalue weighted by Gasteiger charge is 2.34. The lowest BCUT2D eigenvalue weighted by Gasteiger charge is -2.25. The van der Waals surface area contributed by atoms with E-state index in [4.69, 9.17) is 0 Å². The lowest BCUT2D eigenvalue weighted by atomic mass is 9.99. The molecule has 1 aromatic carbocycles. The van der Waals surface area contributed by atoms with E-state index in [2.05, 4.69) is 27.7 Å². The Morgan fingerprint density at radius 3 is 1.42 bits per heavy atom. The minimum absolute atomic E-state index is 0.0908. The summed E-state index contributed by atoms with van der Waals surface area (Å²) >= 11 is 0. The van der Waals surface area contributed by atoms with Gasteiger partial charge < -0.3 is 9.80 Å². The van der Waals surface area contributed by atoms with Gasteiger partial charge in [0, 0.05) is 36.3 Å². The lowest BCUT2D eigenvalue weighted by molar-refractivity contribution is 0.0719. The molecule has 0 spiro atoms. The molecule has 1 aromatic rings. The molecule has 4 atom stereocenters. The molecule has 4 heteroatoms. The molecular weight excluding hydrogens is 324 g/mol. The van der Waals surface area contributed by atoms with Crippen LogP contribution in [0.4, 0.5) is 0 Å². The minimum Gasteiger partial charge on any atom is -0.336 e. The predicted molar refractivity (Wildman–Crippen MR) is 104 cm³/mol. The average molecular weight is 357 g/mol. The van der Waals surface area contributed by atoms with Crippen LogP contribution in [0.3, 0.4) is 0 Å². The summed E-state index contributed by atoms with van der Waals surface area (Å²) in [4.78, 5) is 29.6. The van der Waals surface area contributed by atoms with E-state index in [1.165, 1.54) is 0 Å². The fourth-order valence-electron chi connectivity index (χ4n) is 4.76. The fraction of sp³-hybridized carbons (Fsp3) is 0.636. The molecule has 2 saturated heterocycles. The van der Waals surface area contributed by atoms with Crippen LogP contribution in [0.1, 0.15) is 74.1 Å². The van der Waals surface area contributed by atoms with Gasteiger partial charge in [0.15, 0.2) is 0 Å². The van der Waals surface area contributed by atoms with Crippen LogP contribution in [0.5, 0.6) is 0 Å². The Morgan fingerprint density at radius 1 is 0.808 bits per heavy atom. The highest BCUT2D eigenvalue weighted by molar-refractivity contribution is 5.98. The van der Waals surface area contributed by atoms with Gasteiger partial charge in [-0.05, 0) is 62.8 Å². The number of nitrogens with zero attached hydrogens (tertiary/aromatic N) is 2. The Hall–Kier alpha value is -1.84. The second-order valence-electron chi connectivity index (χ2n) is 7.97. The van der Waals surface area contributed by atoms with Crippen LogP contribution in [0.15, 0.2) is 24.3 Å². The standard InChI is InChI=1S/C22H32N2O2/c1-5-17-11-13-23(15(17)3)21(25)19-7-9-20(10-8-19)22(26)24-14-12-18(6-2)16(24)4/h7-10,15-18H,5-6,11-14H2,1-4H3/t15-,16+,17+,18-. The van der Waals surface area contributed by atoms with Crippen molar-refractivity contribution in [2.45, 2.75) is 65.5 Å². The Labute approximate surface area is 157 Å². The fourth-order valence-corrected chi connectivity index (χ4v) is 4.76. The zero-order chi connectivity index (χ0) is 18.8. The van der Waals surface area contributed by atoms with Crippen molar-refractivity contribution >= 4 is 11.8 Å². The van der Waals surface area contributed by atoms with E-state index in [0.29, 0.717) is 35.0 Å². The summed E-state index contributed by atoms with van der Waals surface area (Å²) in [5, 5.41) is 0. The molecule has 142 valence electrons. The zero-order valence-electron chi connectivity index (χ0n) is 16.6. The molecule has 2 aliphatic rings. The smallest absolute Gasteiger partial charge is 0.254 e. The minimum atomic E-state index is 0.0908. The van der Waals surface area contributed by atoms with Crippen molar-refractivity contribution in [3.8, 4) is 0 Å². The van der Waals surface area contributed by atoms with Crippen molar-refractivity contribution in [2.75, 3.05) is 13.1 Å². The van der Waals surface area contributed by atoms with Crippen molar-refractivity contribution in [3.05, 3.63) is 35.4 Å². The van der Waals surface area contributed by atoms with Crippen LogP contribution in [0.25, 0.3) is 0 Å². The predicted octanol–water partition coefficient (Wildman–Crippen LogP) is 4.21. The SMILES string of the molecule is CC[C@H]1CCN(C(=O)c2ccc(C(=O)N3CC[C@@H](CC)[C@@H]3C)cc2)[C@@H]1C. The Balaban J connectivity index is 1.69. The first-order valence-corrected chi connectivity index (χ1v) is 10.2. The van der Waals surface area contributed by atoms with Gasteiger partial charge in [0.25, 0.3) is 11.8 Å². The van der Waals surface area contributed by atoms with Crippen molar-refractivity contribution in [1.82, 2.24) is 9.80 Å². The van der Waals surface area contributed by atoms with Crippen molar-refractivity contribution in [3.63, 3.8) is 0 Å². The first-order chi connectivity index (χ1) is 12.5. The van der Waals surface area contributed by atoms with Crippen LogP contribution in [0.2, 0.25) is 0 Å². The summed E-state index contributed by atoms with van der Waals surface area (Å²) in [5.41, 5.74) is 1.37. The van der Waals surface area contributed by atoms with Gasteiger partial charge in [0.05, 0.1) is 0 Å². The van der Waals surface area contributed by atoms with Crippen LogP contribution in [-0.2, 0) is 0 Å². The van der Waals surface area contributed by atoms with E-state index in [1.54, 1.807) is 0 Å². The molecule has 3 rings (SSSR count). The molecule has 26 heavy (non-hydrogen) atoms.